The quantitative estimate of drug-likeness (QED) is 0.610. The lowest BCUT2D eigenvalue weighted by Gasteiger charge is -2.61. The van der Waals surface area contributed by atoms with Gasteiger partial charge in [-0.15, -0.1) is 0 Å². The number of hydrogen-bond acceptors (Lipinski definition) is 5. The summed E-state index contributed by atoms with van der Waals surface area (Å²) in [7, 11) is -4.10. The van der Waals surface area contributed by atoms with E-state index in [1.54, 1.807) is 6.07 Å². The van der Waals surface area contributed by atoms with Crippen LogP contribution in [0.3, 0.4) is 0 Å². The van der Waals surface area contributed by atoms with Crippen LogP contribution in [0.4, 0.5) is 0 Å². The van der Waals surface area contributed by atoms with Crippen LogP contribution in [0.25, 0.3) is 0 Å². The van der Waals surface area contributed by atoms with Crippen molar-refractivity contribution in [1.82, 2.24) is 10.0 Å². The van der Waals surface area contributed by atoms with Crippen molar-refractivity contribution in [1.29, 1.82) is 5.26 Å². The Balaban J connectivity index is 1.56. The number of hydrogen-bond donors (Lipinski definition) is 3. The summed E-state index contributed by atoms with van der Waals surface area (Å²) in [6.45, 7) is 3.00. The highest BCUT2D eigenvalue weighted by atomic mass is 32.2. The standard InChI is InChI=1S/C22H28N4O4S/c1-20(2,26-31(29,30)17-6-4-3-5-16(17)12-23)19(28)25-22-10-14-7-15(11-22)9-21(8-14,13-22)18(24)27/h3-6,14-15,26H,7-11,13H2,1-2H3,(H2,24,27)(H,25,28). The molecule has 0 aromatic heterocycles. The number of primary amides is 1. The maximum Gasteiger partial charge on any atom is 0.242 e. The first-order valence-corrected chi connectivity index (χ1v) is 12.0. The maximum atomic E-state index is 13.3. The number of benzene rings is 1. The molecule has 4 fully saturated rings. The van der Waals surface area contributed by atoms with Gasteiger partial charge >= 0.3 is 0 Å². The minimum Gasteiger partial charge on any atom is -0.369 e. The van der Waals surface area contributed by atoms with Crippen LogP contribution in [-0.2, 0) is 19.6 Å². The number of nitrogens with one attached hydrogen (secondary N) is 2. The molecule has 0 radical (unpaired) electrons. The summed E-state index contributed by atoms with van der Waals surface area (Å²) >= 11 is 0. The monoisotopic (exact) mass is 444 g/mol. The lowest BCUT2D eigenvalue weighted by atomic mass is 9.46. The molecular weight excluding hydrogens is 416 g/mol. The molecule has 0 saturated heterocycles. The predicted octanol–water partition coefficient (Wildman–Crippen LogP) is 1.56. The molecule has 1 aromatic carbocycles. The predicted molar refractivity (Wildman–Crippen MR) is 113 cm³/mol. The fourth-order valence-electron chi connectivity index (χ4n) is 6.32. The van der Waals surface area contributed by atoms with Gasteiger partial charge in [-0.05, 0) is 76.3 Å². The minimum atomic E-state index is -4.10. The summed E-state index contributed by atoms with van der Waals surface area (Å²) in [4.78, 5) is 25.4. The molecule has 166 valence electrons. The van der Waals surface area contributed by atoms with Crippen molar-refractivity contribution < 1.29 is 18.0 Å². The van der Waals surface area contributed by atoms with E-state index in [0.717, 1.165) is 32.1 Å². The van der Waals surface area contributed by atoms with Crippen LogP contribution in [0.1, 0.15) is 57.9 Å². The number of amides is 2. The van der Waals surface area contributed by atoms with E-state index in [-0.39, 0.29) is 16.4 Å². The highest BCUT2D eigenvalue weighted by molar-refractivity contribution is 7.89. The van der Waals surface area contributed by atoms with Gasteiger partial charge in [0.05, 0.1) is 15.9 Å². The molecule has 4 bridgehead atoms. The fraction of sp³-hybridized carbons (Fsp3) is 0.591. The van der Waals surface area contributed by atoms with Crippen LogP contribution in [0.2, 0.25) is 0 Å². The van der Waals surface area contributed by atoms with Gasteiger partial charge in [-0.2, -0.15) is 9.98 Å². The Labute approximate surface area is 182 Å². The zero-order valence-electron chi connectivity index (χ0n) is 17.8. The number of nitriles is 1. The third-order valence-corrected chi connectivity index (χ3v) is 8.93. The molecule has 1 aromatic rings. The minimum absolute atomic E-state index is 0.00990. The Morgan fingerprint density at radius 3 is 2.35 bits per heavy atom. The van der Waals surface area contributed by atoms with Crippen LogP contribution >= 0.6 is 0 Å². The third kappa shape index (κ3) is 3.72. The highest BCUT2D eigenvalue weighted by Crippen LogP contribution is 2.61. The molecule has 9 heteroatoms. The summed E-state index contributed by atoms with van der Waals surface area (Å²) in [5.41, 5.74) is 3.21. The van der Waals surface area contributed by atoms with Crippen molar-refractivity contribution in [2.24, 2.45) is 23.0 Å². The van der Waals surface area contributed by atoms with E-state index in [0.29, 0.717) is 18.3 Å². The molecule has 4 aliphatic rings. The number of nitrogens with two attached hydrogens (primary N) is 1. The van der Waals surface area contributed by atoms with E-state index in [2.05, 4.69) is 10.0 Å². The van der Waals surface area contributed by atoms with E-state index in [1.165, 1.54) is 32.0 Å². The lowest BCUT2D eigenvalue weighted by Crippen LogP contribution is -2.68. The first-order chi connectivity index (χ1) is 14.4. The molecule has 0 heterocycles. The van der Waals surface area contributed by atoms with Crippen LogP contribution in [0, 0.1) is 28.6 Å². The van der Waals surface area contributed by atoms with E-state index in [1.807, 2.05) is 6.07 Å². The second-order valence-corrected chi connectivity index (χ2v) is 11.8. The van der Waals surface area contributed by atoms with Crippen LogP contribution < -0.4 is 15.8 Å². The summed E-state index contributed by atoms with van der Waals surface area (Å²) < 4.78 is 28.3. The summed E-state index contributed by atoms with van der Waals surface area (Å²) in [5.74, 6) is -0.0619. The van der Waals surface area contributed by atoms with Gasteiger partial charge < -0.3 is 11.1 Å². The van der Waals surface area contributed by atoms with E-state index in [9.17, 15) is 23.3 Å². The van der Waals surface area contributed by atoms with Crippen molar-refractivity contribution in [3.8, 4) is 6.07 Å². The highest BCUT2D eigenvalue weighted by Gasteiger charge is 2.61. The number of rotatable bonds is 6. The van der Waals surface area contributed by atoms with Gasteiger partial charge in [0.2, 0.25) is 21.8 Å². The smallest absolute Gasteiger partial charge is 0.242 e. The van der Waals surface area contributed by atoms with Crippen LogP contribution in [0.15, 0.2) is 29.2 Å². The molecule has 2 unspecified atom stereocenters. The molecular formula is C22H28N4O4S. The Morgan fingerprint density at radius 1 is 1.16 bits per heavy atom. The Kier molecular flexibility index (Phi) is 4.94. The third-order valence-electron chi connectivity index (χ3n) is 7.22. The van der Waals surface area contributed by atoms with Crippen molar-refractivity contribution >= 4 is 21.8 Å². The first kappa shape index (κ1) is 21.8. The van der Waals surface area contributed by atoms with E-state index < -0.39 is 32.4 Å². The second-order valence-electron chi connectivity index (χ2n) is 10.2. The number of carbonyl (C=O) groups is 2. The van der Waals surface area contributed by atoms with Gasteiger partial charge in [-0.25, -0.2) is 8.42 Å². The molecule has 4 aliphatic carbocycles. The van der Waals surface area contributed by atoms with E-state index >= 15 is 0 Å². The van der Waals surface area contributed by atoms with Gasteiger partial charge in [0, 0.05) is 5.54 Å². The van der Waals surface area contributed by atoms with Crippen molar-refractivity contribution in [3.63, 3.8) is 0 Å². The van der Waals surface area contributed by atoms with Crippen LogP contribution in [-0.4, -0.2) is 31.3 Å². The summed E-state index contributed by atoms with van der Waals surface area (Å²) in [5, 5.41) is 12.3. The molecule has 4 N–H and O–H groups in total. The lowest BCUT2D eigenvalue weighted by molar-refractivity contribution is -0.151. The topological polar surface area (TPSA) is 142 Å². The van der Waals surface area contributed by atoms with Crippen LogP contribution in [0.5, 0.6) is 0 Å². The average Bonchev–Trinajstić information content (AvgIpc) is 2.65. The number of nitrogens with zero attached hydrogens (tertiary/aromatic N) is 1. The maximum absolute atomic E-state index is 13.3. The molecule has 4 saturated carbocycles. The van der Waals surface area contributed by atoms with Gasteiger partial charge in [0.15, 0.2) is 0 Å². The SMILES string of the molecule is CC(C)(NS(=O)(=O)c1ccccc1C#N)C(=O)NC12CC3CC(C1)CC(C(N)=O)(C3)C2. The number of carbonyl (C=O) groups excluding carboxylic acids is 2. The van der Waals surface area contributed by atoms with Gasteiger partial charge in [0.25, 0.3) is 0 Å². The van der Waals surface area contributed by atoms with Crippen molar-refractivity contribution in [2.75, 3.05) is 0 Å². The normalized spacial score (nSPS) is 31.8. The molecule has 2 amide bonds. The van der Waals surface area contributed by atoms with Crippen molar-refractivity contribution in [2.45, 2.75) is 68.3 Å². The molecule has 5 rings (SSSR count). The first-order valence-electron chi connectivity index (χ1n) is 10.6. The fourth-order valence-corrected chi connectivity index (χ4v) is 7.86. The Morgan fingerprint density at radius 2 is 1.77 bits per heavy atom. The summed E-state index contributed by atoms with van der Waals surface area (Å²) in [6.07, 6.45) is 4.67. The van der Waals surface area contributed by atoms with Gasteiger partial charge in [-0.3, -0.25) is 9.59 Å². The average molecular weight is 445 g/mol. The number of sulfonamides is 1. The molecule has 2 atom stereocenters. The zero-order chi connectivity index (χ0) is 22.7. The second kappa shape index (κ2) is 7.04. The molecule has 0 spiro atoms. The Hall–Kier alpha value is -2.44. The Bertz CT molecular complexity index is 1070. The summed E-state index contributed by atoms with van der Waals surface area (Å²) in [6, 6.07) is 7.74. The molecule has 31 heavy (non-hydrogen) atoms. The molecule has 8 nitrogen and oxygen atoms in total. The van der Waals surface area contributed by atoms with Gasteiger partial charge in [0.1, 0.15) is 11.6 Å². The largest absolute Gasteiger partial charge is 0.369 e. The van der Waals surface area contributed by atoms with Crippen molar-refractivity contribution in [3.05, 3.63) is 29.8 Å². The zero-order valence-corrected chi connectivity index (χ0v) is 18.6. The van der Waals surface area contributed by atoms with E-state index in [4.69, 9.17) is 5.73 Å². The molecule has 0 aliphatic heterocycles. The van der Waals surface area contributed by atoms with Gasteiger partial charge in [-0.1, -0.05) is 12.1 Å².